The van der Waals surface area contributed by atoms with E-state index in [4.69, 9.17) is 18.2 Å². The third kappa shape index (κ3) is 6.84. The van der Waals surface area contributed by atoms with E-state index in [1.807, 2.05) is 47.4 Å². The minimum absolute atomic E-state index is 0.0749. The molecule has 294 valence electrons. The Bertz CT molecular complexity index is 2180. The minimum Gasteiger partial charge on any atom is -0.371 e. The van der Waals surface area contributed by atoms with Gasteiger partial charge in [-0.15, -0.1) is 0 Å². The fourth-order valence-corrected chi connectivity index (χ4v) is 10.5. The second-order valence-electron chi connectivity index (χ2n) is 17.0. The lowest BCUT2D eigenvalue weighted by Crippen LogP contribution is -2.54. The summed E-state index contributed by atoms with van der Waals surface area (Å²) < 4.78 is 0. The highest BCUT2D eigenvalue weighted by atomic mass is 35.5. The van der Waals surface area contributed by atoms with E-state index in [2.05, 4.69) is 43.9 Å². The number of benzene rings is 3. The van der Waals surface area contributed by atoms with Crippen molar-refractivity contribution in [1.29, 1.82) is 0 Å². The molecule has 9 rings (SSSR count). The molecule has 1 spiro atoms. The molecular formula is C44H46ClN7O5. The van der Waals surface area contributed by atoms with Gasteiger partial charge in [0, 0.05) is 86.8 Å². The van der Waals surface area contributed by atoms with Crippen molar-refractivity contribution in [2.45, 2.75) is 77.0 Å². The predicted octanol–water partition coefficient (Wildman–Crippen LogP) is 6.05. The Hall–Kier alpha value is -5.25. The van der Waals surface area contributed by atoms with Crippen LogP contribution in [0.15, 0.2) is 54.6 Å². The average Bonchev–Trinajstić information content (AvgIpc) is 3.84. The molecule has 3 aromatic rings. The summed E-state index contributed by atoms with van der Waals surface area (Å²) in [5, 5.41) is 2.76. The van der Waals surface area contributed by atoms with Crippen LogP contribution in [0.2, 0.25) is 5.02 Å². The third-order valence-electron chi connectivity index (χ3n) is 13.4. The largest absolute Gasteiger partial charge is 0.371 e. The van der Waals surface area contributed by atoms with Crippen molar-refractivity contribution >= 4 is 58.2 Å². The molecular weight excluding hydrogens is 742 g/mol. The topological polar surface area (TPSA) is 118 Å². The van der Waals surface area contributed by atoms with Crippen LogP contribution in [0, 0.1) is 17.9 Å². The number of carbonyl (C=O) groups excluding carboxylic acids is 5. The van der Waals surface area contributed by atoms with E-state index in [-0.39, 0.29) is 30.1 Å². The molecule has 0 aromatic heterocycles. The van der Waals surface area contributed by atoms with Crippen molar-refractivity contribution in [3.05, 3.63) is 98.9 Å². The van der Waals surface area contributed by atoms with Gasteiger partial charge in [-0.1, -0.05) is 17.7 Å². The number of piperidine rings is 3. The Morgan fingerprint density at radius 3 is 2.14 bits per heavy atom. The normalized spacial score (nSPS) is 23.6. The number of anilines is 2. The summed E-state index contributed by atoms with van der Waals surface area (Å²) in [7, 11) is 0. The zero-order chi connectivity index (χ0) is 39.6. The van der Waals surface area contributed by atoms with Crippen LogP contribution in [0.1, 0.15) is 94.1 Å². The van der Waals surface area contributed by atoms with E-state index in [0.29, 0.717) is 60.0 Å². The molecule has 0 radical (unpaired) electrons. The Kier molecular flexibility index (Phi) is 9.56. The van der Waals surface area contributed by atoms with Gasteiger partial charge in [-0.2, -0.15) is 0 Å². The lowest BCUT2D eigenvalue weighted by Gasteiger charge is -2.40. The lowest BCUT2D eigenvalue weighted by atomic mass is 9.76. The number of amides is 5. The van der Waals surface area contributed by atoms with Gasteiger partial charge >= 0.3 is 0 Å². The van der Waals surface area contributed by atoms with Crippen molar-refractivity contribution in [2.75, 3.05) is 49.1 Å². The second-order valence-corrected chi connectivity index (χ2v) is 17.4. The number of carbonyl (C=O) groups is 5. The number of rotatable bonds is 6. The van der Waals surface area contributed by atoms with E-state index in [1.165, 1.54) is 0 Å². The molecule has 6 aliphatic rings. The van der Waals surface area contributed by atoms with Gasteiger partial charge in [-0.25, -0.2) is 4.85 Å². The Labute approximate surface area is 337 Å². The van der Waals surface area contributed by atoms with Crippen LogP contribution < -0.4 is 15.1 Å². The SMILES string of the molecule is [C-]#[N+]c1ccc(N2CC3(CCN(c4ccc(C(=O)N5CCC(CN6Cc7cc8c(cc7C6)C(=O)N(C6CCC(=O)NC6=O)C8=O)CC5)cc4)CC3)CC2C)cc1Cl. The molecule has 6 aliphatic heterocycles. The van der Waals surface area contributed by atoms with Crippen LogP contribution in [0.5, 0.6) is 0 Å². The van der Waals surface area contributed by atoms with E-state index in [0.717, 1.165) is 91.2 Å². The number of likely N-dealkylation sites (tertiary alicyclic amines) is 1. The van der Waals surface area contributed by atoms with Gasteiger partial charge in [0.25, 0.3) is 17.7 Å². The highest BCUT2D eigenvalue weighted by Gasteiger charge is 2.46. The molecule has 0 saturated carbocycles. The summed E-state index contributed by atoms with van der Waals surface area (Å²) in [6.45, 7) is 16.2. The minimum atomic E-state index is -0.967. The van der Waals surface area contributed by atoms with Crippen molar-refractivity contribution < 1.29 is 24.0 Å². The number of halogens is 1. The molecule has 3 aromatic carbocycles. The van der Waals surface area contributed by atoms with Gasteiger partial charge < -0.3 is 14.7 Å². The first-order chi connectivity index (χ1) is 27.5. The maximum Gasteiger partial charge on any atom is 0.262 e. The second kappa shape index (κ2) is 14.6. The number of imide groups is 2. The Balaban J connectivity index is 0.745. The fourth-order valence-electron chi connectivity index (χ4n) is 10.3. The molecule has 57 heavy (non-hydrogen) atoms. The fraction of sp³-hybridized carbons (Fsp3) is 0.455. The van der Waals surface area contributed by atoms with Crippen LogP contribution in [-0.2, 0) is 22.7 Å². The number of nitrogens with one attached hydrogen (secondary N) is 1. The van der Waals surface area contributed by atoms with Crippen LogP contribution in [0.3, 0.4) is 0 Å². The van der Waals surface area contributed by atoms with Gasteiger partial charge in [-0.3, -0.25) is 39.1 Å². The van der Waals surface area contributed by atoms with E-state index in [1.54, 1.807) is 0 Å². The van der Waals surface area contributed by atoms with E-state index >= 15 is 0 Å². The van der Waals surface area contributed by atoms with Crippen molar-refractivity contribution in [3.63, 3.8) is 0 Å². The average molecular weight is 788 g/mol. The molecule has 0 bridgehead atoms. The summed E-state index contributed by atoms with van der Waals surface area (Å²) in [6.07, 6.45) is 5.41. The molecule has 1 N–H and O–H groups in total. The van der Waals surface area contributed by atoms with E-state index < -0.39 is 23.8 Å². The lowest BCUT2D eigenvalue weighted by molar-refractivity contribution is -0.136. The monoisotopic (exact) mass is 787 g/mol. The van der Waals surface area contributed by atoms with Gasteiger partial charge in [0.1, 0.15) is 6.04 Å². The van der Waals surface area contributed by atoms with Crippen LogP contribution in [-0.4, -0.2) is 95.6 Å². The van der Waals surface area contributed by atoms with Crippen molar-refractivity contribution in [1.82, 2.24) is 20.0 Å². The number of hydrogen-bond acceptors (Lipinski definition) is 8. The summed E-state index contributed by atoms with van der Waals surface area (Å²) in [5.41, 5.74) is 6.41. The Morgan fingerprint density at radius 2 is 1.53 bits per heavy atom. The summed E-state index contributed by atoms with van der Waals surface area (Å²) in [6, 6.07) is 17.0. The quantitative estimate of drug-likeness (QED) is 0.237. The summed E-state index contributed by atoms with van der Waals surface area (Å²) >= 11 is 6.38. The smallest absolute Gasteiger partial charge is 0.262 e. The van der Waals surface area contributed by atoms with Crippen LogP contribution >= 0.6 is 11.6 Å². The first-order valence-electron chi connectivity index (χ1n) is 20.2. The number of nitrogens with zero attached hydrogens (tertiary/aromatic N) is 6. The van der Waals surface area contributed by atoms with Gasteiger partial charge in [0.15, 0.2) is 0 Å². The first-order valence-corrected chi connectivity index (χ1v) is 20.5. The van der Waals surface area contributed by atoms with Gasteiger partial charge in [-0.05, 0) is 116 Å². The summed E-state index contributed by atoms with van der Waals surface area (Å²) in [5.74, 6) is -1.43. The highest BCUT2D eigenvalue weighted by Crippen LogP contribution is 2.46. The first kappa shape index (κ1) is 37.3. The molecule has 5 amide bonds. The molecule has 6 heterocycles. The van der Waals surface area contributed by atoms with E-state index in [9.17, 15) is 24.0 Å². The molecule has 2 unspecified atom stereocenters. The third-order valence-corrected chi connectivity index (χ3v) is 13.7. The zero-order valence-electron chi connectivity index (χ0n) is 32.1. The molecule has 2 atom stereocenters. The molecule has 4 saturated heterocycles. The van der Waals surface area contributed by atoms with Gasteiger partial charge in [0.05, 0.1) is 17.7 Å². The molecule has 4 fully saturated rings. The molecule has 0 aliphatic carbocycles. The predicted molar refractivity (Wildman–Crippen MR) is 215 cm³/mol. The molecule has 13 heteroatoms. The maximum absolute atomic E-state index is 13.6. The number of hydrogen-bond donors (Lipinski definition) is 1. The van der Waals surface area contributed by atoms with Gasteiger partial charge in [0.2, 0.25) is 17.5 Å². The van der Waals surface area contributed by atoms with Crippen molar-refractivity contribution in [2.24, 2.45) is 11.3 Å². The van der Waals surface area contributed by atoms with Crippen LogP contribution in [0.4, 0.5) is 17.1 Å². The van der Waals surface area contributed by atoms with Crippen molar-refractivity contribution in [3.8, 4) is 0 Å². The standard InChI is InChI=1S/C44H46ClN7O5/c1-27-22-44(26-51(27)33-7-8-37(46-2)36(45)21-33)13-17-49(18-14-44)32-5-3-29(4-6-32)41(55)50-15-11-28(12-16-50)23-48-24-30-19-34-35(20-31(30)25-48)43(57)52(42(34)56)38-9-10-39(53)47-40(38)54/h3-8,19-21,27-28,38H,9-18,22-26H2,1H3,(H,47,53,54). The Morgan fingerprint density at radius 1 is 0.877 bits per heavy atom. The molecule has 12 nitrogen and oxygen atoms in total. The highest BCUT2D eigenvalue weighted by molar-refractivity contribution is 6.33. The van der Waals surface area contributed by atoms with Crippen LogP contribution in [0.25, 0.3) is 4.85 Å². The maximum atomic E-state index is 13.6. The zero-order valence-corrected chi connectivity index (χ0v) is 32.9. The summed E-state index contributed by atoms with van der Waals surface area (Å²) in [4.78, 5) is 78.0. The number of fused-ring (bicyclic) bond motifs is 2.